The lowest BCUT2D eigenvalue weighted by Gasteiger charge is -2.14. The van der Waals surface area contributed by atoms with Crippen molar-refractivity contribution in [1.82, 2.24) is 9.62 Å². The van der Waals surface area contributed by atoms with Crippen LogP contribution >= 0.6 is 11.3 Å². The third-order valence-corrected chi connectivity index (χ3v) is 5.72. The Morgan fingerprint density at radius 1 is 1.39 bits per heavy atom. The molecule has 0 radical (unpaired) electrons. The van der Waals surface area contributed by atoms with Gasteiger partial charge in [-0.15, -0.1) is 11.3 Å². The molecule has 7 heteroatoms. The van der Waals surface area contributed by atoms with Crippen LogP contribution in [-0.4, -0.2) is 39.5 Å². The lowest BCUT2D eigenvalue weighted by molar-refractivity contribution is 0.344. The van der Waals surface area contributed by atoms with Crippen LogP contribution in [0, 0.1) is 0 Å². The first-order valence-corrected chi connectivity index (χ1v) is 8.48. The van der Waals surface area contributed by atoms with Gasteiger partial charge in [0.25, 0.3) is 0 Å². The summed E-state index contributed by atoms with van der Waals surface area (Å²) in [5.74, 6) is 0. The number of nitrogens with two attached hydrogens (primary N) is 1. The smallest absolute Gasteiger partial charge is 0.241 e. The summed E-state index contributed by atoms with van der Waals surface area (Å²) in [6, 6.07) is 1.62. The van der Waals surface area contributed by atoms with E-state index in [4.69, 9.17) is 5.73 Å². The average Bonchev–Trinajstić information content (AvgIpc) is 2.99. The van der Waals surface area contributed by atoms with Crippen LogP contribution in [0.3, 0.4) is 0 Å². The van der Waals surface area contributed by atoms with Crippen LogP contribution in [0.25, 0.3) is 0 Å². The first-order valence-electron chi connectivity index (χ1n) is 6.12. The predicted octanol–water partition coefficient (Wildman–Crippen LogP) is 0.581. The summed E-state index contributed by atoms with van der Waals surface area (Å²) in [7, 11) is -3.40. The number of nitrogens with one attached hydrogen (secondary N) is 1. The molecule has 0 aromatic carbocycles. The van der Waals surface area contributed by atoms with Gasteiger partial charge in [-0.3, -0.25) is 0 Å². The molecular weight excluding hydrogens is 270 g/mol. The Bertz CT molecular complexity index is 478. The quantitative estimate of drug-likeness (QED) is 0.803. The molecule has 0 amide bonds. The van der Waals surface area contributed by atoms with Crippen molar-refractivity contribution in [1.29, 1.82) is 0 Å². The summed E-state index contributed by atoms with van der Waals surface area (Å²) in [5, 5.41) is 1.76. The molecule has 2 rings (SSSR count). The van der Waals surface area contributed by atoms with Gasteiger partial charge in [-0.05, 0) is 37.4 Å². The van der Waals surface area contributed by atoms with Gasteiger partial charge in [0.05, 0.1) is 4.90 Å². The SMILES string of the molecule is NCc1sccc1S(=O)(=O)NCCN1CCCC1. The van der Waals surface area contributed by atoms with Crippen LogP contribution in [0.1, 0.15) is 17.7 Å². The topological polar surface area (TPSA) is 75.4 Å². The monoisotopic (exact) mass is 289 g/mol. The Morgan fingerprint density at radius 3 is 2.78 bits per heavy atom. The molecule has 1 aromatic heterocycles. The summed E-state index contributed by atoms with van der Waals surface area (Å²) in [4.78, 5) is 3.32. The summed E-state index contributed by atoms with van der Waals surface area (Å²) < 4.78 is 26.8. The minimum absolute atomic E-state index is 0.264. The first kappa shape index (κ1) is 14.0. The zero-order chi connectivity index (χ0) is 13.0. The van der Waals surface area contributed by atoms with Gasteiger partial charge in [-0.1, -0.05) is 0 Å². The molecule has 1 saturated heterocycles. The van der Waals surface area contributed by atoms with Crippen LogP contribution in [0.15, 0.2) is 16.3 Å². The molecule has 1 fully saturated rings. The normalized spacial score (nSPS) is 17.4. The number of likely N-dealkylation sites (tertiary alicyclic amines) is 1. The fraction of sp³-hybridized carbons (Fsp3) is 0.636. The molecule has 2 heterocycles. The van der Waals surface area contributed by atoms with E-state index in [-0.39, 0.29) is 6.54 Å². The van der Waals surface area contributed by atoms with Gasteiger partial charge in [0.15, 0.2) is 0 Å². The van der Waals surface area contributed by atoms with Gasteiger partial charge in [-0.2, -0.15) is 0 Å². The van der Waals surface area contributed by atoms with Crippen molar-refractivity contribution in [3.05, 3.63) is 16.3 Å². The fourth-order valence-corrected chi connectivity index (χ4v) is 4.49. The number of sulfonamides is 1. The molecule has 0 bridgehead atoms. The van der Waals surface area contributed by atoms with Gasteiger partial charge >= 0.3 is 0 Å². The largest absolute Gasteiger partial charge is 0.326 e. The molecule has 0 atom stereocenters. The Kier molecular flexibility index (Phi) is 4.74. The second-order valence-electron chi connectivity index (χ2n) is 4.36. The molecule has 0 spiro atoms. The van der Waals surface area contributed by atoms with E-state index in [0.29, 0.717) is 16.3 Å². The van der Waals surface area contributed by atoms with E-state index in [2.05, 4.69) is 9.62 Å². The maximum atomic E-state index is 12.1. The highest BCUT2D eigenvalue weighted by molar-refractivity contribution is 7.89. The molecule has 0 saturated carbocycles. The van der Waals surface area contributed by atoms with Gasteiger partial charge < -0.3 is 10.6 Å². The maximum absolute atomic E-state index is 12.1. The van der Waals surface area contributed by atoms with Gasteiger partial charge in [-0.25, -0.2) is 13.1 Å². The van der Waals surface area contributed by atoms with Crippen LogP contribution in [0.5, 0.6) is 0 Å². The van der Waals surface area contributed by atoms with E-state index in [1.54, 1.807) is 11.4 Å². The number of rotatable bonds is 6. The maximum Gasteiger partial charge on any atom is 0.241 e. The van der Waals surface area contributed by atoms with Crippen molar-refractivity contribution < 1.29 is 8.42 Å². The molecule has 0 unspecified atom stereocenters. The zero-order valence-corrected chi connectivity index (χ0v) is 11.9. The second kappa shape index (κ2) is 6.12. The molecule has 1 aliphatic heterocycles. The summed E-state index contributed by atoms with van der Waals surface area (Å²) in [5.41, 5.74) is 5.53. The highest BCUT2D eigenvalue weighted by atomic mass is 32.2. The molecule has 3 N–H and O–H groups in total. The Balaban J connectivity index is 1.91. The highest BCUT2D eigenvalue weighted by Crippen LogP contribution is 2.20. The number of thiophene rings is 1. The van der Waals surface area contributed by atoms with E-state index in [1.165, 1.54) is 24.2 Å². The zero-order valence-electron chi connectivity index (χ0n) is 10.3. The summed E-state index contributed by atoms with van der Waals surface area (Å²) >= 11 is 1.38. The second-order valence-corrected chi connectivity index (χ2v) is 7.09. The molecule has 5 nitrogen and oxygen atoms in total. The van der Waals surface area contributed by atoms with Crippen LogP contribution in [0.2, 0.25) is 0 Å². The van der Waals surface area contributed by atoms with Gasteiger partial charge in [0.2, 0.25) is 10.0 Å². The summed E-state index contributed by atoms with van der Waals surface area (Å²) in [6.07, 6.45) is 2.43. The lowest BCUT2D eigenvalue weighted by atomic mass is 10.4. The van der Waals surface area contributed by atoms with Crippen LogP contribution in [0.4, 0.5) is 0 Å². The minimum Gasteiger partial charge on any atom is -0.326 e. The van der Waals surface area contributed by atoms with Gasteiger partial charge in [0.1, 0.15) is 0 Å². The molecule has 1 aliphatic rings. The predicted molar refractivity (Wildman–Crippen MR) is 73.1 cm³/mol. The number of hydrogen-bond acceptors (Lipinski definition) is 5. The highest BCUT2D eigenvalue weighted by Gasteiger charge is 2.19. The number of nitrogens with zero attached hydrogens (tertiary/aromatic N) is 1. The van der Waals surface area contributed by atoms with E-state index < -0.39 is 10.0 Å². The average molecular weight is 289 g/mol. The molecule has 0 aliphatic carbocycles. The lowest BCUT2D eigenvalue weighted by Crippen LogP contribution is -2.33. The van der Waals surface area contributed by atoms with E-state index in [9.17, 15) is 8.42 Å². The molecule has 18 heavy (non-hydrogen) atoms. The van der Waals surface area contributed by atoms with E-state index >= 15 is 0 Å². The standard InChI is InChI=1S/C11H19N3O2S2/c12-9-10-11(3-8-17-10)18(15,16)13-4-7-14-5-1-2-6-14/h3,8,13H,1-2,4-7,9,12H2. The van der Waals surface area contributed by atoms with E-state index in [0.717, 1.165) is 19.6 Å². The molecule has 102 valence electrons. The van der Waals surface area contributed by atoms with Crippen molar-refractivity contribution in [2.45, 2.75) is 24.3 Å². The Morgan fingerprint density at radius 2 is 2.11 bits per heavy atom. The van der Waals surface area contributed by atoms with Crippen LogP contribution in [-0.2, 0) is 16.6 Å². The Labute approximate surface area is 112 Å². The first-order chi connectivity index (χ1) is 8.63. The number of hydrogen-bond donors (Lipinski definition) is 2. The van der Waals surface area contributed by atoms with Gasteiger partial charge in [0, 0.05) is 24.5 Å². The Hall–Kier alpha value is -0.470. The minimum atomic E-state index is -3.40. The van der Waals surface area contributed by atoms with E-state index in [1.807, 2.05) is 0 Å². The molecule has 1 aromatic rings. The third-order valence-electron chi connectivity index (χ3n) is 3.10. The van der Waals surface area contributed by atoms with Crippen molar-refractivity contribution in [2.24, 2.45) is 5.73 Å². The van der Waals surface area contributed by atoms with Crippen molar-refractivity contribution in [2.75, 3.05) is 26.2 Å². The third kappa shape index (κ3) is 3.30. The van der Waals surface area contributed by atoms with Crippen molar-refractivity contribution >= 4 is 21.4 Å². The van der Waals surface area contributed by atoms with Crippen molar-refractivity contribution in [3.8, 4) is 0 Å². The van der Waals surface area contributed by atoms with Crippen LogP contribution < -0.4 is 10.5 Å². The fourth-order valence-electron chi connectivity index (χ4n) is 2.14. The molecular formula is C11H19N3O2S2. The summed E-state index contributed by atoms with van der Waals surface area (Å²) in [6.45, 7) is 3.66. The van der Waals surface area contributed by atoms with Crippen molar-refractivity contribution in [3.63, 3.8) is 0 Å².